The number of benzene rings is 1. The second-order valence-electron chi connectivity index (χ2n) is 4.40. The van der Waals surface area contributed by atoms with Gasteiger partial charge in [0.15, 0.2) is 6.61 Å². The summed E-state index contributed by atoms with van der Waals surface area (Å²) >= 11 is 5.61. The van der Waals surface area contributed by atoms with Crippen LogP contribution in [0.25, 0.3) is 0 Å². The van der Waals surface area contributed by atoms with Crippen molar-refractivity contribution in [1.29, 1.82) is 0 Å². The summed E-state index contributed by atoms with van der Waals surface area (Å²) in [5.41, 5.74) is 0. The molecule has 0 saturated carbocycles. The summed E-state index contributed by atoms with van der Waals surface area (Å²) in [7, 11) is 0. The van der Waals surface area contributed by atoms with Crippen LogP contribution in [0, 0.1) is 11.7 Å². The summed E-state index contributed by atoms with van der Waals surface area (Å²) in [5.74, 6) is 0.0158. The zero-order valence-electron chi connectivity index (χ0n) is 10.3. The van der Waals surface area contributed by atoms with Crippen LogP contribution in [0.15, 0.2) is 18.2 Å². The van der Waals surface area contributed by atoms with Crippen LogP contribution in [0.5, 0.6) is 5.75 Å². The molecule has 19 heavy (non-hydrogen) atoms. The molecule has 6 heteroatoms. The Hall–Kier alpha value is -1.33. The molecular formula is C13H15ClFNO3. The molecule has 1 atom stereocenters. The first-order valence-electron chi connectivity index (χ1n) is 6.07. The fourth-order valence-corrected chi connectivity index (χ4v) is 1.94. The maximum Gasteiger partial charge on any atom is 0.257 e. The Labute approximate surface area is 115 Å². The molecule has 0 spiro atoms. The third-order valence-electron chi connectivity index (χ3n) is 2.87. The van der Waals surface area contributed by atoms with E-state index in [1.165, 1.54) is 18.2 Å². The van der Waals surface area contributed by atoms with E-state index in [0.29, 0.717) is 24.8 Å². The van der Waals surface area contributed by atoms with Gasteiger partial charge in [0.1, 0.15) is 11.6 Å². The predicted molar refractivity (Wildman–Crippen MR) is 68.8 cm³/mol. The van der Waals surface area contributed by atoms with Crippen LogP contribution in [0.3, 0.4) is 0 Å². The van der Waals surface area contributed by atoms with Crippen molar-refractivity contribution in [3.05, 3.63) is 29.0 Å². The number of carbonyl (C=O) groups excluding carboxylic acids is 1. The van der Waals surface area contributed by atoms with Crippen molar-refractivity contribution in [2.24, 2.45) is 5.92 Å². The Morgan fingerprint density at radius 1 is 1.58 bits per heavy atom. The minimum Gasteiger partial charge on any atom is -0.484 e. The van der Waals surface area contributed by atoms with Crippen molar-refractivity contribution < 1.29 is 18.7 Å². The fraction of sp³-hybridized carbons (Fsp3) is 0.462. The van der Waals surface area contributed by atoms with Crippen LogP contribution >= 0.6 is 11.6 Å². The first-order valence-corrected chi connectivity index (χ1v) is 6.45. The highest BCUT2D eigenvalue weighted by Gasteiger charge is 2.16. The second kappa shape index (κ2) is 6.73. The Kier molecular flexibility index (Phi) is 4.99. The lowest BCUT2D eigenvalue weighted by molar-refractivity contribution is -0.123. The smallest absolute Gasteiger partial charge is 0.257 e. The molecule has 1 aromatic rings. The van der Waals surface area contributed by atoms with E-state index in [1.807, 2.05) is 0 Å². The van der Waals surface area contributed by atoms with Crippen molar-refractivity contribution >= 4 is 17.5 Å². The van der Waals surface area contributed by atoms with Crippen LogP contribution in [0.1, 0.15) is 6.42 Å². The highest BCUT2D eigenvalue weighted by molar-refractivity contribution is 6.30. The van der Waals surface area contributed by atoms with Crippen molar-refractivity contribution in [3.63, 3.8) is 0 Å². The van der Waals surface area contributed by atoms with E-state index < -0.39 is 5.82 Å². The van der Waals surface area contributed by atoms with Gasteiger partial charge in [-0.25, -0.2) is 4.39 Å². The molecular weight excluding hydrogens is 273 g/mol. The summed E-state index contributed by atoms with van der Waals surface area (Å²) in [5, 5.41) is 2.74. The normalized spacial score (nSPS) is 18.3. The van der Waals surface area contributed by atoms with Crippen molar-refractivity contribution in [2.45, 2.75) is 6.42 Å². The van der Waals surface area contributed by atoms with Gasteiger partial charge in [-0.15, -0.1) is 0 Å². The number of hydrogen-bond donors (Lipinski definition) is 1. The lowest BCUT2D eigenvalue weighted by Crippen LogP contribution is -2.33. The van der Waals surface area contributed by atoms with Crippen LogP contribution < -0.4 is 10.1 Å². The van der Waals surface area contributed by atoms with E-state index in [9.17, 15) is 9.18 Å². The Morgan fingerprint density at radius 2 is 2.42 bits per heavy atom. The molecule has 0 aromatic heterocycles. The van der Waals surface area contributed by atoms with E-state index in [1.54, 1.807) is 0 Å². The largest absolute Gasteiger partial charge is 0.484 e. The Morgan fingerprint density at radius 3 is 3.11 bits per heavy atom. The molecule has 1 N–H and O–H groups in total. The first-order chi connectivity index (χ1) is 9.15. The maximum absolute atomic E-state index is 12.9. The average molecular weight is 288 g/mol. The van der Waals surface area contributed by atoms with Crippen LogP contribution in [0.2, 0.25) is 5.02 Å². The number of rotatable bonds is 5. The third kappa shape index (κ3) is 4.36. The average Bonchev–Trinajstić information content (AvgIpc) is 2.91. The maximum atomic E-state index is 12.9. The molecule has 0 aliphatic carbocycles. The van der Waals surface area contributed by atoms with Crippen molar-refractivity contribution in [3.8, 4) is 5.75 Å². The number of carbonyl (C=O) groups is 1. The van der Waals surface area contributed by atoms with E-state index in [0.717, 1.165) is 13.0 Å². The number of nitrogens with one attached hydrogen (secondary N) is 1. The van der Waals surface area contributed by atoms with Gasteiger partial charge >= 0.3 is 0 Å². The molecule has 1 fully saturated rings. The van der Waals surface area contributed by atoms with E-state index in [-0.39, 0.29) is 17.5 Å². The summed E-state index contributed by atoms with van der Waals surface area (Å²) in [6, 6.07) is 3.97. The summed E-state index contributed by atoms with van der Waals surface area (Å²) in [4.78, 5) is 11.5. The molecule has 104 valence electrons. The van der Waals surface area contributed by atoms with Gasteiger partial charge in [-0.2, -0.15) is 0 Å². The monoisotopic (exact) mass is 287 g/mol. The van der Waals surface area contributed by atoms with Crippen LogP contribution in [0.4, 0.5) is 4.39 Å². The SMILES string of the molecule is O=C(COc1ccc(F)c(Cl)c1)NC[C@@H]1CCOC1. The Balaban J connectivity index is 1.71. The van der Waals surface area contributed by atoms with Gasteiger partial charge < -0.3 is 14.8 Å². The predicted octanol–water partition coefficient (Wildman–Crippen LogP) is 2.01. The fourth-order valence-electron chi connectivity index (χ4n) is 1.77. The standard InChI is InChI=1S/C13H15ClFNO3/c14-11-5-10(1-2-12(11)15)19-8-13(17)16-6-9-3-4-18-7-9/h1-2,5,9H,3-4,6-8H2,(H,16,17)/t9-/m0/s1. The molecule has 1 heterocycles. The number of amides is 1. The summed E-state index contributed by atoms with van der Waals surface area (Å²) < 4.78 is 23.3. The molecule has 1 aliphatic heterocycles. The van der Waals surface area contributed by atoms with Crippen LogP contribution in [-0.2, 0) is 9.53 Å². The van der Waals surface area contributed by atoms with Crippen LogP contribution in [-0.4, -0.2) is 32.3 Å². The minimum atomic E-state index is -0.514. The highest BCUT2D eigenvalue weighted by atomic mass is 35.5. The lowest BCUT2D eigenvalue weighted by atomic mass is 10.1. The number of hydrogen-bond acceptors (Lipinski definition) is 3. The third-order valence-corrected chi connectivity index (χ3v) is 3.16. The summed E-state index contributed by atoms with van der Waals surface area (Å²) in [6.07, 6.45) is 0.967. The number of halogens is 2. The van der Waals surface area contributed by atoms with E-state index in [4.69, 9.17) is 21.1 Å². The quantitative estimate of drug-likeness (QED) is 0.901. The van der Waals surface area contributed by atoms with Crippen molar-refractivity contribution in [2.75, 3.05) is 26.4 Å². The molecule has 0 unspecified atom stereocenters. The zero-order valence-corrected chi connectivity index (χ0v) is 11.1. The molecule has 2 rings (SSSR count). The molecule has 1 saturated heterocycles. The molecule has 1 aromatic carbocycles. The van der Waals surface area contributed by atoms with Crippen molar-refractivity contribution in [1.82, 2.24) is 5.32 Å². The van der Waals surface area contributed by atoms with E-state index >= 15 is 0 Å². The topological polar surface area (TPSA) is 47.6 Å². The summed E-state index contributed by atoms with van der Waals surface area (Å²) in [6.45, 7) is 1.92. The first kappa shape index (κ1) is 14.1. The molecule has 0 radical (unpaired) electrons. The molecule has 0 bridgehead atoms. The van der Waals surface area contributed by atoms with E-state index in [2.05, 4.69) is 5.32 Å². The van der Waals surface area contributed by atoms with Gasteiger partial charge in [-0.3, -0.25) is 4.79 Å². The molecule has 1 amide bonds. The van der Waals surface area contributed by atoms with Gasteiger partial charge in [-0.05, 0) is 18.6 Å². The van der Waals surface area contributed by atoms with Gasteiger partial charge in [-0.1, -0.05) is 11.6 Å². The van der Waals surface area contributed by atoms with Gasteiger partial charge in [0.05, 0.1) is 11.6 Å². The highest BCUT2D eigenvalue weighted by Crippen LogP contribution is 2.20. The minimum absolute atomic E-state index is 0.0268. The number of ether oxygens (including phenoxy) is 2. The second-order valence-corrected chi connectivity index (χ2v) is 4.81. The van der Waals surface area contributed by atoms with Gasteiger partial charge in [0, 0.05) is 25.1 Å². The zero-order chi connectivity index (χ0) is 13.7. The van der Waals surface area contributed by atoms with Gasteiger partial charge in [0.2, 0.25) is 0 Å². The Bertz CT molecular complexity index is 450. The molecule has 4 nitrogen and oxygen atoms in total. The van der Waals surface area contributed by atoms with Gasteiger partial charge in [0.25, 0.3) is 5.91 Å². The molecule has 1 aliphatic rings. The lowest BCUT2D eigenvalue weighted by Gasteiger charge is -2.10.